The van der Waals surface area contributed by atoms with E-state index in [-0.39, 0.29) is 24.0 Å². The van der Waals surface area contributed by atoms with E-state index in [1.54, 1.807) is 0 Å². The second-order valence-corrected chi connectivity index (χ2v) is 5.78. The van der Waals surface area contributed by atoms with E-state index in [9.17, 15) is 0 Å². The molecule has 20 heavy (non-hydrogen) atoms. The van der Waals surface area contributed by atoms with E-state index in [2.05, 4.69) is 26.8 Å². The Labute approximate surface area is 143 Å². The fourth-order valence-corrected chi connectivity index (χ4v) is 2.63. The van der Waals surface area contributed by atoms with Crippen LogP contribution in [0.2, 0.25) is 5.02 Å². The van der Waals surface area contributed by atoms with Crippen molar-refractivity contribution >= 4 is 41.5 Å². The van der Waals surface area contributed by atoms with Crippen molar-refractivity contribution in [2.75, 3.05) is 20.6 Å². The molecular formula is C14H24ClIN4. The highest BCUT2D eigenvalue weighted by atomic mass is 127. The zero-order chi connectivity index (χ0) is 13.8. The first-order valence-electron chi connectivity index (χ1n) is 6.82. The molecule has 0 amide bonds. The summed E-state index contributed by atoms with van der Waals surface area (Å²) in [6.07, 6.45) is 6.00. The first kappa shape index (κ1) is 17.6. The van der Waals surface area contributed by atoms with Crippen LogP contribution in [-0.4, -0.2) is 36.1 Å². The Bertz CT molecular complexity index is 454. The van der Waals surface area contributed by atoms with Crippen molar-refractivity contribution in [1.82, 2.24) is 14.8 Å². The number of hydrogen-bond donors (Lipinski definition) is 1. The maximum atomic E-state index is 6.01. The highest BCUT2D eigenvalue weighted by Gasteiger charge is 2.18. The largest absolute Gasteiger partial charge is 0.356 e. The van der Waals surface area contributed by atoms with Gasteiger partial charge in [0.2, 0.25) is 0 Å². The predicted octanol–water partition coefficient (Wildman–Crippen LogP) is 3.10. The molecule has 0 aliphatic heterocycles. The van der Waals surface area contributed by atoms with Gasteiger partial charge in [0.05, 0.1) is 11.6 Å². The average molecular weight is 411 g/mol. The summed E-state index contributed by atoms with van der Waals surface area (Å²) < 4.78 is 2.05. The molecule has 0 saturated heterocycles. The van der Waals surface area contributed by atoms with Gasteiger partial charge in [-0.05, 0) is 24.8 Å². The topological polar surface area (TPSA) is 32.6 Å². The molecule has 0 bridgehead atoms. The first-order valence-corrected chi connectivity index (χ1v) is 7.20. The average Bonchev–Trinajstić information content (AvgIpc) is 2.61. The summed E-state index contributed by atoms with van der Waals surface area (Å²) >= 11 is 6.01. The Hall–Kier alpha value is -0.430. The summed E-state index contributed by atoms with van der Waals surface area (Å²) in [6.45, 7) is 1.83. The van der Waals surface area contributed by atoms with Gasteiger partial charge in [0.1, 0.15) is 0 Å². The van der Waals surface area contributed by atoms with Crippen molar-refractivity contribution in [3.8, 4) is 0 Å². The van der Waals surface area contributed by atoms with Crippen molar-refractivity contribution in [2.24, 2.45) is 18.0 Å². The molecule has 1 saturated carbocycles. The van der Waals surface area contributed by atoms with Gasteiger partial charge in [0, 0.05) is 39.6 Å². The molecule has 1 aromatic heterocycles. The molecule has 1 aliphatic rings. The van der Waals surface area contributed by atoms with E-state index >= 15 is 0 Å². The highest BCUT2D eigenvalue weighted by molar-refractivity contribution is 14.0. The molecule has 1 heterocycles. The third kappa shape index (κ3) is 4.55. The van der Waals surface area contributed by atoms with Crippen LogP contribution >= 0.6 is 35.6 Å². The molecule has 1 aromatic rings. The Morgan fingerprint density at radius 1 is 1.55 bits per heavy atom. The summed E-state index contributed by atoms with van der Waals surface area (Å²) in [5, 5.41) is 4.23. The SMILES string of the molecule is CN=C(NCC1CCC1)N(C)Cc1cc(Cl)cn1C.I. The Morgan fingerprint density at radius 3 is 2.70 bits per heavy atom. The van der Waals surface area contributed by atoms with Gasteiger partial charge in [-0.2, -0.15) is 0 Å². The summed E-state index contributed by atoms with van der Waals surface area (Å²) in [5.41, 5.74) is 1.18. The van der Waals surface area contributed by atoms with E-state index in [0.29, 0.717) is 0 Å². The minimum absolute atomic E-state index is 0. The fraction of sp³-hybridized carbons (Fsp3) is 0.643. The quantitative estimate of drug-likeness (QED) is 0.470. The van der Waals surface area contributed by atoms with E-state index in [1.807, 2.05) is 26.4 Å². The van der Waals surface area contributed by atoms with E-state index in [1.165, 1.54) is 25.0 Å². The molecule has 6 heteroatoms. The predicted molar refractivity (Wildman–Crippen MR) is 96.0 cm³/mol. The van der Waals surface area contributed by atoms with Crippen molar-refractivity contribution < 1.29 is 0 Å². The number of aliphatic imine (C=N–C) groups is 1. The minimum Gasteiger partial charge on any atom is -0.356 e. The molecule has 114 valence electrons. The standard InChI is InChI=1S/C14H23ClN4.HI/c1-16-14(17-8-11-5-4-6-11)19(3)10-13-7-12(15)9-18(13)2;/h7,9,11H,4-6,8,10H2,1-3H3,(H,16,17);1H. The smallest absolute Gasteiger partial charge is 0.193 e. The van der Waals surface area contributed by atoms with Crippen LogP contribution in [-0.2, 0) is 13.6 Å². The van der Waals surface area contributed by atoms with Crippen LogP contribution < -0.4 is 5.32 Å². The maximum absolute atomic E-state index is 6.01. The van der Waals surface area contributed by atoms with Gasteiger partial charge < -0.3 is 14.8 Å². The molecule has 2 rings (SSSR count). The lowest BCUT2D eigenvalue weighted by atomic mass is 9.85. The van der Waals surface area contributed by atoms with Gasteiger partial charge in [0.25, 0.3) is 0 Å². The van der Waals surface area contributed by atoms with Crippen LogP contribution in [0.1, 0.15) is 25.0 Å². The van der Waals surface area contributed by atoms with Crippen molar-refractivity contribution in [1.29, 1.82) is 0 Å². The fourth-order valence-electron chi connectivity index (χ4n) is 2.36. The van der Waals surface area contributed by atoms with Crippen LogP contribution in [0.4, 0.5) is 0 Å². The molecular weight excluding hydrogens is 387 g/mol. The molecule has 4 nitrogen and oxygen atoms in total. The molecule has 0 aromatic carbocycles. The molecule has 1 aliphatic carbocycles. The zero-order valence-electron chi connectivity index (χ0n) is 12.4. The van der Waals surface area contributed by atoms with Gasteiger partial charge in [-0.25, -0.2) is 0 Å². The number of guanidine groups is 1. The maximum Gasteiger partial charge on any atom is 0.193 e. The normalized spacial score (nSPS) is 15.5. The van der Waals surface area contributed by atoms with Crippen molar-refractivity contribution in [3.63, 3.8) is 0 Å². The summed E-state index contributed by atoms with van der Waals surface area (Å²) in [4.78, 5) is 6.47. The minimum atomic E-state index is 0. The second kappa shape index (κ2) is 8.12. The monoisotopic (exact) mass is 410 g/mol. The number of nitrogens with zero attached hydrogens (tertiary/aromatic N) is 3. The first-order chi connectivity index (χ1) is 9.10. The van der Waals surface area contributed by atoms with Gasteiger partial charge in [-0.3, -0.25) is 4.99 Å². The summed E-state index contributed by atoms with van der Waals surface area (Å²) in [6, 6.07) is 2.00. The molecule has 0 radical (unpaired) electrons. The highest BCUT2D eigenvalue weighted by Crippen LogP contribution is 2.25. The van der Waals surface area contributed by atoms with Crippen LogP contribution in [0.5, 0.6) is 0 Å². The third-order valence-electron chi connectivity index (χ3n) is 3.82. The van der Waals surface area contributed by atoms with Gasteiger partial charge in [-0.15, -0.1) is 24.0 Å². The number of halogens is 2. The van der Waals surface area contributed by atoms with Crippen molar-refractivity contribution in [3.05, 3.63) is 23.0 Å². The van der Waals surface area contributed by atoms with Crippen molar-refractivity contribution in [2.45, 2.75) is 25.8 Å². The number of hydrogen-bond acceptors (Lipinski definition) is 1. The van der Waals surface area contributed by atoms with Gasteiger partial charge in [-0.1, -0.05) is 18.0 Å². The van der Waals surface area contributed by atoms with Crippen LogP contribution in [0, 0.1) is 5.92 Å². The van der Waals surface area contributed by atoms with Gasteiger partial charge in [0.15, 0.2) is 5.96 Å². The number of nitrogens with one attached hydrogen (secondary N) is 1. The van der Waals surface area contributed by atoms with E-state index in [0.717, 1.165) is 30.0 Å². The number of aromatic nitrogens is 1. The third-order valence-corrected chi connectivity index (χ3v) is 4.03. The summed E-state index contributed by atoms with van der Waals surface area (Å²) in [5.74, 6) is 1.78. The van der Waals surface area contributed by atoms with Gasteiger partial charge >= 0.3 is 0 Å². The lowest BCUT2D eigenvalue weighted by Gasteiger charge is -2.28. The number of aryl methyl sites for hydroxylation is 1. The van der Waals surface area contributed by atoms with Crippen LogP contribution in [0.3, 0.4) is 0 Å². The Balaban J connectivity index is 0.00000200. The van der Waals surface area contributed by atoms with E-state index in [4.69, 9.17) is 11.6 Å². The molecule has 1 N–H and O–H groups in total. The molecule has 0 atom stereocenters. The molecule has 1 fully saturated rings. The zero-order valence-corrected chi connectivity index (χ0v) is 15.5. The lowest BCUT2D eigenvalue weighted by Crippen LogP contribution is -2.41. The summed E-state index contributed by atoms with van der Waals surface area (Å²) in [7, 11) is 5.90. The lowest BCUT2D eigenvalue weighted by molar-refractivity contribution is 0.310. The van der Waals surface area contributed by atoms with E-state index < -0.39 is 0 Å². The molecule has 0 spiro atoms. The van der Waals surface area contributed by atoms with Crippen LogP contribution in [0.15, 0.2) is 17.3 Å². The molecule has 0 unspecified atom stereocenters. The van der Waals surface area contributed by atoms with Crippen LogP contribution in [0.25, 0.3) is 0 Å². The Kier molecular flexibility index (Phi) is 7.15. The Morgan fingerprint density at radius 2 is 2.25 bits per heavy atom. The second-order valence-electron chi connectivity index (χ2n) is 5.34. The number of rotatable bonds is 4.